The SMILES string of the molecule is O=C(C[C@H]1C/C=C\C[C@H](NC(=O)OCC2c3ccccc3-c3ccccc32)C(=O)OCCNC1=O)NCCO. The first kappa shape index (κ1) is 27.8. The molecule has 2 aromatic carbocycles. The minimum Gasteiger partial charge on any atom is -0.462 e. The number of hydrogen-bond acceptors (Lipinski definition) is 7. The molecule has 2 aromatic rings. The second kappa shape index (κ2) is 13.6. The Hall–Kier alpha value is -4.18. The number of esters is 1. The fourth-order valence-electron chi connectivity index (χ4n) is 4.83. The molecule has 0 spiro atoms. The van der Waals surface area contributed by atoms with Crippen molar-refractivity contribution in [2.75, 3.05) is 32.9 Å². The number of fused-ring (bicyclic) bond motifs is 3. The van der Waals surface area contributed by atoms with Gasteiger partial charge in [0.15, 0.2) is 0 Å². The Kier molecular flexibility index (Phi) is 9.69. The lowest BCUT2D eigenvalue weighted by Gasteiger charge is -2.20. The highest BCUT2D eigenvalue weighted by Gasteiger charge is 2.30. The third-order valence-corrected chi connectivity index (χ3v) is 6.76. The van der Waals surface area contributed by atoms with E-state index >= 15 is 0 Å². The minimum absolute atomic E-state index is 0.0443. The maximum absolute atomic E-state index is 12.7. The van der Waals surface area contributed by atoms with Crippen molar-refractivity contribution in [3.63, 3.8) is 0 Å². The van der Waals surface area contributed by atoms with Crippen molar-refractivity contribution in [1.82, 2.24) is 16.0 Å². The van der Waals surface area contributed by atoms with Crippen LogP contribution in [0.5, 0.6) is 0 Å². The standard InChI is InChI=1S/C29H33N3O7/c33-15-13-30-26(34)17-19-7-1-6-12-25(28(36)38-16-14-31-27(19)35)32-29(37)39-18-24-22-10-4-2-8-20(22)21-9-3-5-11-23(21)24/h1-6,8-11,19,24-25,33H,7,12-18H2,(H,30,34)(H,31,35)(H,32,37)/b6-1-/t19-,25+/m1/s1. The molecule has 0 saturated heterocycles. The highest BCUT2D eigenvalue weighted by atomic mass is 16.6. The molecule has 0 aromatic heterocycles. The second-order valence-electron chi connectivity index (χ2n) is 9.40. The van der Waals surface area contributed by atoms with Gasteiger partial charge in [-0.2, -0.15) is 0 Å². The number of carbonyl (C=O) groups is 4. The Morgan fingerprint density at radius 2 is 1.67 bits per heavy atom. The van der Waals surface area contributed by atoms with Gasteiger partial charge < -0.3 is 30.5 Å². The molecule has 2 atom stereocenters. The Morgan fingerprint density at radius 1 is 1.00 bits per heavy atom. The number of carbonyl (C=O) groups excluding carboxylic acids is 4. The van der Waals surface area contributed by atoms with Crippen LogP contribution in [0.1, 0.15) is 36.3 Å². The molecule has 2 aliphatic rings. The number of cyclic esters (lactones) is 1. The van der Waals surface area contributed by atoms with E-state index in [1.165, 1.54) is 0 Å². The summed E-state index contributed by atoms with van der Waals surface area (Å²) >= 11 is 0. The Morgan fingerprint density at radius 3 is 2.36 bits per heavy atom. The van der Waals surface area contributed by atoms with Crippen molar-refractivity contribution in [2.45, 2.75) is 31.2 Å². The maximum Gasteiger partial charge on any atom is 0.407 e. The zero-order chi connectivity index (χ0) is 27.6. The summed E-state index contributed by atoms with van der Waals surface area (Å²) in [6, 6.07) is 15.1. The van der Waals surface area contributed by atoms with Gasteiger partial charge in [-0.05, 0) is 35.1 Å². The molecule has 1 aliphatic heterocycles. The van der Waals surface area contributed by atoms with Gasteiger partial charge in [-0.1, -0.05) is 60.7 Å². The van der Waals surface area contributed by atoms with Gasteiger partial charge in [-0.3, -0.25) is 9.59 Å². The van der Waals surface area contributed by atoms with E-state index in [2.05, 4.69) is 28.1 Å². The molecule has 10 heteroatoms. The number of amides is 3. The normalized spacial score (nSPS) is 20.2. The summed E-state index contributed by atoms with van der Waals surface area (Å²) in [6.45, 7) is 0.0267. The van der Waals surface area contributed by atoms with Gasteiger partial charge in [0.1, 0.15) is 19.3 Å². The van der Waals surface area contributed by atoms with Crippen LogP contribution in [0.3, 0.4) is 0 Å². The van der Waals surface area contributed by atoms with Crippen LogP contribution in [0.15, 0.2) is 60.7 Å². The average Bonchev–Trinajstić information content (AvgIpc) is 3.26. The minimum atomic E-state index is -0.974. The van der Waals surface area contributed by atoms with Gasteiger partial charge in [0, 0.05) is 18.9 Å². The molecule has 39 heavy (non-hydrogen) atoms. The predicted octanol–water partition coefficient (Wildman–Crippen LogP) is 2.02. The van der Waals surface area contributed by atoms with E-state index in [1.807, 2.05) is 36.4 Å². The number of allylic oxidation sites excluding steroid dienone is 1. The molecule has 0 bridgehead atoms. The second-order valence-corrected chi connectivity index (χ2v) is 9.40. The van der Waals surface area contributed by atoms with Gasteiger partial charge in [-0.15, -0.1) is 0 Å². The zero-order valence-corrected chi connectivity index (χ0v) is 21.6. The average molecular weight is 536 g/mol. The first-order valence-electron chi connectivity index (χ1n) is 13.1. The smallest absolute Gasteiger partial charge is 0.407 e. The molecule has 10 nitrogen and oxygen atoms in total. The molecular weight excluding hydrogens is 502 g/mol. The first-order chi connectivity index (χ1) is 19.0. The topological polar surface area (TPSA) is 143 Å². The highest BCUT2D eigenvalue weighted by Crippen LogP contribution is 2.44. The lowest BCUT2D eigenvalue weighted by molar-refractivity contribution is -0.146. The van der Waals surface area contributed by atoms with E-state index in [9.17, 15) is 19.2 Å². The molecule has 0 saturated carbocycles. The van der Waals surface area contributed by atoms with Crippen molar-refractivity contribution < 1.29 is 33.8 Å². The van der Waals surface area contributed by atoms with E-state index in [0.717, 1.165) is 22.3 Å². The number of nitrogens with one attached hydrogen (secondary N) is 3. The van der Waals surface area contributed by atoms with Crippen molar-refractivity contribution >= 4 is 23.9 Å². The summed E-state index contributed by atoms with van der Waals surface area (Å²) in [6.07, 6.45) is 3.00. The number of aliphatic hydroxyl groups excluding tert-OH is 1. The summed E-state index contributed by atoms with van der Waals surface area (Å²) in [5.74, 6) is -2.04. The molecule has 206 valence electrons. The lowest BCUT2D eigenvalue weighted by atomic mass is 9.98. The lowest BCUT2D eigenvalue weighted by Crippen LogP contribution is -2.43. The fraction of sp³-hybridized carbons (Fsp3) is 0.379. The van der Waals surface area contributed by atoms with Crippen molar-refractivity contribution in [2.24, 2.45) is 5.92 Å². The van der Waals surface area contributed by atoms with Gasteiger partial charge >= 0.3 is 12.1 Å². The van der Waals surface area contributed by atoms with Crippen LogP contribution in [-0.2, 0) is 23.9 Å². The summed E-state index contributed by atoms with van der Waals surface area (Å²) < 4.78 is 10.8. The molecule has 0 fully saturated rings. The molecule has 0 unspecified atom stereocenters. The van der Waals surface area contributed by atoms with E-state index < -0.39 is 24.0 Å². The van der Waals surface area contributed by atoms with Gasteiger partial charge in [0.05, 0.1) is 19.1 Å². The van der Waals surface area contributed by atoms with Crippen LogP contribution in [0.25, 0.3) is 11.1 Å². The van der Waals surface area contributed by atoms with Gasteiger partial charge in [0.2, 0.25) is 11.8 Å². The van der Waals surface area contributed by atoms with Crippen molar-refractivity contribution in [3.8, 4) is 11.1 Å². The van der Waals surface area contributed by atoms with E-state index in [1.54, 1.807) is 12.2 Å². The van der Waals surface area contributed by atoms with Crippen molar-refractivity contribution in [3.05, 3.63) is 71.8 Å². The molecule has 4 N–H and O–H groups in total. The van der Waals surface area contributed by atoms with Gasteiger partial charge in [-0.25, -0.2) is 9.59 Å². The summed E-state index contributed by atoms with van der Waals surface area (Å²) in [5.41, 5.74) is 4.40. The van der Waals surface area contributed by atoms with Crippen LogP contribution in [0, 0.1) is 5.92 Å². The largest absolute Gasteiger partial charge is 0.462 e. The van der Waals surface area contributed by atoms with Crippen LogP contribution >= 0.6 is 0 Å². The zero-order valence-electron chi connectivity index (χ0n) is 21.6. The number of rotatable bonds is 7. The van der Waals surface area contributed by atoms with Gasteiger partial charge in [0.25, 0.3) is 0 Å². The third-order valence-electron chi connectivity index (χ3n) is 6.76. The van der Waals surface area contributed by atoms with Crippen LogP contribution < -0.4 is 16.0 Å². The monoisotopic (exact) mass is 535 g/mol. The molecule has 0 radical (unpaired) electrons. The van der Waals surface area contributed by atoms with Crippen LogP contribution in [-0.4, -0.2) is 67.9 Å². The number of benzene rings is 2. The maximum atomic E-state index is 12.7. The molecule has 4 rings (SSSR count). The fourth-order valence-corrected chi connectivity index (χ4v) is 4.83. The Bertz CT molecular complexity index is 1180. The van der Waals surface area contributed by atoms with E-state index in [0.29, 0.717) is 0 Å². The molecule has 1 heterocycles. The van der Waals surface area contributed by atoms with Crippen molar-refractivity contribution in [1.29, 1.82) is 0 Å². The Balaban J connectivity index is 1.36. The molecule has 1 aliphatic carbocycles. The first-order valence-corrected chi connectivity index (χ1v) is 13.1. The van der Waals surface area contributed by atoms with Crippen LogP contribution in [0.2, 0.25) is 0 Å². The quantitative estimate of drug-likeness (QED) is 0.314. The summed E-state index contributed by atoms with van der Waals surface area (Å²) in [5, 5.41) is 16.7. The molecule has 3 amide bonds. The van der Waals surface area contributed by atoms with Crippen LogP contribution in [0.4, 0.5) is 4.79 Å². The predicted molar refractivity (Wildman–Crippen MR) is 143 cm³/mol. The summed E-state index contributed by atoms with van der Waals surface area (Å²) in [4.78, 5) is 49.9. The van der Waals surface area contributed by atoms with E-state index in [4.69, 9.17) is 14.6 Å². The highest BCUT2D eigenvalue weighted by molar-refractivity contribution is 5.86. The third kappa shape index (κ3) is 7.23. The Labute approximate surface area is 226 Å². The molecular formula is C29H33N3O7. The number of ether oxygens (including phenoxy) is 2. The number of alkyl carbamates (subject to hydrolysis) is 1. The van der Waals surface area contributed by atoms with E-state index in [-0.39, 0.29) is 69.9 Å². The summed E-state index contributed by atoms with van der Waals surface area (Å²) in [7, 11) is 0. The number of aliphatic hydroxyl groups is 1. The number of hydrogen-bond donors (Lipinski definition) is 4.